The Balaban J connectivity index is 1.34. The maximum atomic E-state index is 13.8. The van der Waals surface area contributed by atoms with E-state index in [1.165, 1.54) is 6.07 Å². The first-order chi connectivity index (χ1) is 18.7. The molecule has 3 heterocycles. The van der Waals surface area contributed by atoms with Gasteiger partial charge in [0.05, 0.1) is 30.6 Å². The number of hydrogen-bond donors (Lipinski definition) is 1. The third-order valence-corrected chi connectivity index (χ3v) is 7.71. The van der Waals surface area contributed by atoms with Crippen molar-refractivity contribution in [1.29, 1.82) is 0 Å². The quantitative estimate of drug-likeness (QED) is 0.331. The minimum atomic E-state index is -0.462. The van der Waals surface area contributed by atoms with Gasteiger partial charge in [-0.05, 0) is 88.1 Å². The number of nitrogens with zero attached hydrogens (tertiary/aromatic N) is 4. The van der Waals surface area contributed by atoms with E-state index < -0.39 is 5.95 Å². The van der Waals surface area contributed by atoms with Gasteiger partial charge in [-0.15, -0.1) is 0 Å². The number of likely N-dealkylation sites (tertiary alicyclic amines) is 1. The van der Waals surface area contributed by atoms with Gasteiger partial charge in [0.2, 0.25) is 5.95 Å². The maximum Gasteiger partial charge on any atom is 0.253 e. The van der Waals surface area contributed by atoms with E-state index >= 15 is 0 Å². The highest BCUT2D eigenvalue weighted by Gasteiger charge is 2.28. The first-order valence-electron chi connectivity index (χ1n) is 13.4. The van der Waals surface area contributed by atoms with E-state index in [-0.39, 0.29) is 5.91 Å². The van der Waals surface area contributed by atoms with Crippen molar-refractivity contribution < 1.29 is 13.9 Å². The fourth-order valence-corrected chi connectivity index (χ4v) is 5.64. The molecular formula is C30H37ClFN5O2. The lowest BCUT2D eigenvalue weighted by Crippen LogP contribution is -2.48. The van der Waals surface area contributed by atoms with Crippen LogP contribution >= 0.6 is 11.6 Å². The molecule has 0 aliphatic carbocycles. The van der Waals surface area contributed by atoms with Crippen LogP contribution in [0.1, 0.15) is 53.5 Å². The number of benzene rings is 1. The SMILES string of the molecule is COc1ccc(N(Cc2cccc(F)n2)C2CCN([C@H](C)CCNC(=O)c3c(C)cc(Cl)nc3C)CC2)cc1. The number of carbonyl (C=O) groups excluding carboxylic acids is 1. The first-order valence-corrected chi connectivity index (χ1v) is 13.8. The molecular weight excluding hydrogens is 517 g/mol. The third-order valence-electron chi connectivity index (χ3n) is 7.51. The van der Waals surface area contributed by atoms with Crippen LogP contribution in [-0.4, -0.2) is 59.6 Å². The Hall–Kier alpha value is -3.23. The van der Waals surface area contributed by atoms with E-state index in [1.54, 1.807) is 26.2 Å². The predicted molar refractivity (Wildman–Crippen MR) is 153 cm³/mol. The summed E-state index contributed by atoms with van der Waals surface area (Å²) in [6, 6.07) is 15.3. The van der Waals surface area contributed by atoms with Gasteiger partial charge in [0, 0.05) is 37.4 Å². The second-order valence-corrected chi connectivity index (χ2v) is 10.5. The summed E-state index contributed by atoms with van der Waals surface area (Å²) in [7, 11) is 1.66. The van der Waals surface area contributed by atoms with Gasteiger partial charge in [-0.1, -0.05) is 17.7 Å². The molecule has 1 fully saturated rings. The molecule has 7 nitrogen and oxygen atoms in total. The minimum Gasteiger partial charge on any atom is -0.497 e. The number of piperidine rings is 1. The average Bonchev–Trinajstić information content (AvgIpc) is 2.91. The van der Waals surface area contributed by atoms with E-state index in [0.29, 0.717) is 47.3 Å². The molecule has 9 heteroatoms. The lowest BCUT2D eigenvalue weighted by atomic mass is 9.99. The van der Waals surface area contributed by atoms with Crippen molar-refractivity contribution in [1.82, 2.24) is 20.2 Å². The Morgan fingerprint density at radius 3 is 2.54 bits per heavy atom. The van der Waals surface area contributed by atoms with Crippen LogP contribution in [0.15, 0.2) is 48.5 Å². The molecule has 0 bridgehead atoms. The maximum absolute atomic E-state index is 13.8. The van der Waals surface area contributed by atoms with Gasteiger partial charge in [-0.25, -0.2) is 9.97 Å². The van der Waals surface area contributed by atoms with E-state index in [2.05, 4.69) is 44.1 Å². The number of rotatable bonds is 10. The summed E-state index contributed by atoms with van der Waals surface area (Å²) in [6.07, 6.45) is 2.81. The number of hydrogen-bond acceptors (Lipinski definition) is 6. The first kappa shape index (κ1) is 28.8. The summed E-state index contributed by atoms with van der Waals surface area (Å²) < 4.78 is 19.2. The topological polar surface area (TPSA) is 70.6 Å². The average molecular weight is 554 g/mol. The van der Waals surface area contributed by atoms with Crippen LogP contribution in [0, 0.1) is 19.8 Å². The fraction of sp³-hybridized carbons (Fsp3) is 0.433. The molecule has 2 aromatic heterocycles. The number of aromatic nitrogens is 2. The standard InChI is InChI=1S/C30H37ClFN5O2/c1-20-18-27(31)34-22(3)29(20)30(38)33-15-12-21(2)36-16-13-25(14-17-36)37(19-23-6-5-7-28(32)35-23)24-8-10-26(39-4)11-9-24/h5-11,18,21,25H,12-17,19H2,1-4H3,(H,33,38)/t21-/m1/s1. The highest BCUT2D eigenvalue weighted by molar-refractivity contribution is 6.29. The normalized spacial score (nSPS) is 15.1. The molecule has 0 unspecified atom stereocenters. The highest BCUT2D eigenvalue weighted by atomic mass is 35.5. The number of halogens is 2. The van der Waals surface area contributed by atoms with Crippen molar-refractivity contribution in [2.45, 2.75) is 58.7 Å². The largest absolute Gasteiger partial charge is 0.497 e. The van der Waals surface area contributed by atoms with Crippen molar-refractivity contribution in [3.05, 3.63) is 82.1 Å². The molecule has 1 amide bonds. The summed E-state index contributed by atoms with van der Waals surface area (Å²) in [4.78, 5) is 25.9. The van der Waals surface area contributed by atoms with Crippen LogP contribution in [0.2, 0.25) is 5.15 Å². The number of ether oxygens (including phenoxy) is 1. The number of pyridine rings is 2. The highest BCUT2D eigenvalue weighted by Crippen LogP contribution is 2.28. The van der Waals surface area contributed by atoms with E-state index in [1.807, 2.05) is 25.1 Å². The molecule has 0 radical (unpaired) electrons. The Kier molecular flexibility index (Phi) is 9.75. The molecule has 39 heavy (non-hydrogen) atoms. The molecule has 1 saturated heterocycles. The van der Waals surface area contributed by atoms with Crippen molar-refractivity contribution in [2.75, 3.05) is 31.6 Å². The van der Waals surface area contributed by atoms with E-state index in [0.717, 1.165) is 49.4 Å². The molecule has 1 aliphatic heterocycles. The van der Waals surface area contributed by atoms with Crippen molar-refractivity contribution in [3.8, 4) is 5.75 Å². The van der Waals surface area contributed by atoms with E-state index in [4.69, 9.17) is 16.3 Å². The molecule has 208 valence electrons. The fourth-order valence-electron chi connectivity index (χ4n) is 5.35. The van der Waals surface area contributed by atoms with Crippen LogP contribution in [0.3, 0.4) is 0 Å². The van der Waals surface area contributed by atoms with Gasteiger partial charge in [-0.2, -0.15) is 4.39 Å². The van der Waals surface area contributed by atoms with Crippen LogP contribution < -0.4 is 15.0 Å². The zero-order valence-electron chi connectivity index (χ0n) is 23.1. The van der Waals surface area contributed by atoms with Gasteiger partial charge in [-0.3, -0.25) is 4.79 Å². The molecule has 0 saturated carbocycles. The van der Waals surface area contributed by atoms with Gasteiger partial charge in [0.1, 0.15) is 10.9 Å². The molecule has 1 atom stereocenters. The van der Waals surface area contributed by atoms with Gasteiger partial charge in [0.15, 0.2) is 0 Å². The summed E-state index contributed by atoms with van der Waals surface area (Å²) >= 11 is 6.01. The number of nitrogens with one attached hydrogen (secondary N) is 1. The van der Waals surface area contributed by atoms with Crippen LogP contribution in [-0.2, 0) is 6.54 Å². The molecule has 1 aliphatic rings. The molecule has 3 aromatic rings. The number of aryl methyl sites for hydroxylation is 2. The lowest BCUT2D eigenvalue weighted by molar-refractivity contribution is 0.0943. The summed E-state index contributed by atoms with van der Waals surface area (Å²) in [5, 5.41) is 3.45. The number of anilines is 1. The summed E-state index contributed by atoms with van der Waals surface area (Å²) in [5.41, 5.74) is 3.84. The Labute approximate surface area is 235 Å². The van der Waals surface area contributed by atoms with E-state index in [9.17, 15) is 9.18 Å². The number of carbonyl (C=O) groups is 1. The van der Waals surface area contributed by atoms with Crippen LogP contribution in [0.25, 0.3) is 0 Å². The van der Waals surface area contributed by atoms with Gasteiger partial charge in [0.25, 0.3) is 5.91 Å². The predicted octanol–water partition coefficient (Wildman–Crippen LogP) is 5.57. The summed E-state index contributed by atoms with van der Waals surface area (Å²) in [5.74, 6) is 0.229. The Bertz CT molecular complexity index is 1240. The molecule has 0 spiro atoms. The number of amides is 1. The Morgan fingerprint density at radius 2 is 1.90 bits per heavy atom. The molecule has 1 N–H and O–H groups in total. The Morgan fingerprint density at radius 1 is 1.18 bits per heavy atom. The lowest BCUT2D eigenvalue weighted by Gasteiger charge is -2.41. The zero-order chi connectivity index (χ0) is 27.9. The van der Waals surface area contributed by atoms with Crippen molar-refractivity contribution in [3.63, 3.8) is 0 Å². The van der Waals surface area contributed by atoms with Gasteiger partial charge >= 0.3 is 0 Å². The molecule has 4 rings (SSSR count). The minimum absolute atomic E-state index is 0.110. The van der Waals surface area contributed by atoms with Crippen LogP contribution in [0.4, 0.5) is 10.1 Å². The summed E-state index contributed by atoms with van der Waals surface area (Å²) in [6.45, 7) is 8.91. The smallest absolute Gasteiger partial charge is 0.253 e. The molecule has 1 aromatic carbocycles. The number of methoxy groups -OCH3 is 1. The third kappa shape index (κ3) is 7.46. The van der Waals surface area contributed by atoms with Gasteiger partial charge < -0.3 is 19.9 Å². The van der Waals surface area contributed by atoms with Crippen molar-refractivity contribution >= 4 is 23.2 Å². The monoisotopic (exact) mass is 553 g/mol. The van der Waals surface area contributed by atoms with Crippen molar-refractivity contribution in [2.24, 2.45) is 0 Å². The van der Waals surface area contributed by atoms with Crippen LogP contribution in [0.5, 0.6) is 5.75 Å². The zero-order valence-corrected chi connectivity index (χ0v) is 23.8. The second kappa shape index (κ2) is 13.2. The second-order valence-electron chi connectivity index (χ2n) is 10.2.